The smallest absolute Gasteiger partial charge is 0.471 e. The Bertz CT molecular complexity index is 829. The molecular formula is C36H60O4Si. The number of hydrogen-bond acceptors (Lipinski definition) is 4. The van der Waals surface area contributed by atoms with Crippen LogP contribution in [0.4, 0.5) is 0 Å². The van der Waals surface area contributed by atoms with E-state index in [1.165, 1.54) is 116 Å². The van der Waals surface area contributed by atoms with Crippen LogP contribution >= 0.6 is 0 Å². The topological polar surface area (TPSA) is 58.9 Å². The fraction of sp³-hybridized carbons (Fsp3) is 0.667. The lowest BCUT2D eigenvalue weighted by atomic mass is 10.0. The van der Waals surface area contributed by atoms with E-state index in [0.29, 0.717) is 11.5 Å². The van der Waals surface area contributed by atoms with E-state index in [1.54, 1.807) is 0 Å². The summed E-state index contributed by atoms with van der Waals surface area (Å²) in [5.41, 5.74) is 2.02. The zero-order valence-electron chi connectivity index (χ0n) is 26.4. The first-order valence-corrected chi connectivity index (χ1v) is 18.8. The van der Waals surface area contributed by atoms with Gasteiger partial charge in [-0.15, -0.1) is 0 Å². The summed E-state index contributed by atoms with van der Waals surface area (Å²) in [5.74, 6) is 1.04. The van der Waals surface area contributed by atoms with E-state index in [9.17, 15) is 9.59 Å². The van der Waals surface area contributed by atoms with Gasteiger partial charge >= 0.3 is 9.05 Å². The Morgan fingerprint density at radius 2 is 0.732 bits per heavy atom. The number of benzene rings is 2. The number of rotatable bonds is 26. The highest BCUT2D eigenvalue weighted by molar-refractivity contribution is 6.52. The number of unbranched alkanes of at least 4 members (excludes halogenated alkanes) is 18. The van der Waals surface area contributed by atoms with Crippen molar-refractivity contribution >= 4 is 9.05 Å². The minimum atomic E-state index is -4.41. The SMILES string of the molecule is CCCCCCCCCCCCc1ccccc1O[Si](O)(O)Oc1ccccc1CCCCCCCCCCCC. The standard InChI is InChI=1S/C36H60O4Si/c1-3-5-7-9-11-13-15-17-19-21-27-33-29-23-25-31-35(33)39-41(37,38)40-36-32-26-24-30-34(36)28-22-20-18-16-14-12-10-8-6-4-2/h23-26,29-32,37-38H,3-22,27-28H2,1-2H3. The zero-order chi connectivity index (χ0) is 29.4. The molecule has 0 aromatic heterocycles. The van der Waals surface area contributed by atoms with Crippen LogP contribution in [-0.2, 0) is 12.8 Å². The molecule has 0 aliphatic rings. The number of hydrogen-bond donors (Lipinski definition) is 2. The second-order valence-electron chi connectivity index (χ2n) is 11.8. The van der Waals surface area contributed by atoms with Crippen molar-refractivity contribution in [1.82, 2.24) is 0 Å². The molecule has 0 fully saturated rings. The van der Waals surface area contributed by atoms with Crippen molar-refractivity contribution < 1.29 is 18.4 Å². The summed E-state index contributed by atoms with van der Waals surface area (Å²) < 4.78 is 11.5. The third-order valence-corrected chi connectivity index (χ3v) is 9.00. The Morgan fingerprint density at radius 1 is 0.439 bits per heavy atom. The normalized spacial score (nSPS) is 11.6. The molecule has 2 aromatic rings. The quantitative estimate of drug-likeness (QED) is 0.0853. The maximum absolute atomic E-state index is 10.8. The Morgan fingerprint density at radius 3 is 1.07 bits per heavy atom. The molecule has 2 aromatic carbocycles. The molecule has 0 aliphatic heterocycles. The summed E-state index contributed by atoms with van der Waals surface area (Å²) >= 11 is 0. The van der Waals surface area contributed by atoms with Gasteiger partial charge in [-0.25, -0.2) is 0 Å². The Kier molecular flexibility index (Phi) is 19.6. The van der Waals surface area contributed by atoms with Crippen LogP contribution in [0, 0.1) is 0 Å². The van der Waals surface area contributed by atoms with Crippen LogP contribution in [0.3, 0.4) is 0 Å². The molecule has 0 saturated heterocycles. The Hall–Kier alpha value is -1.82. The van der Waals surface area contributed by atoms with E-state index >= 15 is 0 Å². The van der Waals surface area contributed by atoms with Gasteiger partial charge in [-0.1, -0.05) is 166 Å². The first-order chi connectivity index (χ1) is 20.1. The van der Waals surface area contributed by atoms with Gasteiger partial charge in [0.15, 0.2) is 0 Å². The molecule has 0 heterocycles. The lowest BCUT2D eigenvalue weighted by molar-refractivity contribution is 0.138. The summed E-state index contributed by atoms with van der Waals surface area (Å²) in [6.45, 7) is 4.53. The summed E-state index contributed by atoms with van der Waals surface area (Å²) in [5, 5.41) is 0. The molecule has 0 spiro atoms. The van der Waals surface area contributed by atoms with E-state index in [2.05, 4.69) is 13.8 Å². The van der Waals surface area contributed by atoms with Crippen molar-refractivity contribution in [2.45, 2.75) is 155 Å². The molecule has 0 atom stereocenters. The minimum Gasteiger partial charge on any atom is -0.471 e. The summed E-state index contributed by atoms with van der Waals surface area (Å²) in [4.78, 5) is 21.6. The van der Waals surface area contributed by atoms with Crippen molar-refractivity contribution in [1.29, 1.82) is 0 Å². The third-order valence-electron chi connectivity index (χ3n) is 8.03. The van der Waals surface area contributed by atoms with Gasteiger partial charge in [0, 0.05) is 0 Å². The van der Waals surface area contributed by atoms with Crippen molar-refractivity contribution in [3.63, 3.8) is 0 Å². The van der Waals surface area contributed by atoms with Gasteiger partial charge in [-0.3, -0.25) is 0 Å². The zero-order valence-corrected chi connectivity index (χ0v) is 27.4. The van der Waals surface area contributed by atoms with Gasteiger partial charge in [0.1, 0.15) is 11.5 Å². The van der Waals surface area contributed by atoms with Crippen LogP contribution in [0.2, 0.25) is 0 Å². The fourth-order valence-electron chi connectivity index (χ4n) is 5.53. The lowest BCUT2D eigenvalue weighted by Crippen LogP contribution is -2.49. The molecule has 0 bridgehead atoms. The van der Waals surface area contributed by atoms with Crippen molar-refractivity contribution in [2.75, 3.05) is 0 Å². The van der Waals surface area contributed by atoms with Gasteiger partial charge < -0.3 is 18.4 Å². The van der Waals surface area contributed by atoms with Gasteiger partial charge in [-0.05, 0) is 48.9 Å². The van der Waals surface area contributed by atoms with Gasteiger partial charge in [-0.2, -0.15) is 0 Å². The summed E-state index contributed by atoms with van der Waals surface area (Å²) in [7, 11) is -4.41. The largest absolute Gasteiger partial charge is 0.815 e. The van der Waals surface area contributed by atoms with E-state index in [1.807, 2.05) is 48.5 Å². The summed E-state index contributed by atoms with van der Waals surface area (Å²) in [6.07, 6.45) is 27.6. The molecule has 2 N–H and O–H groups in total. The third kappa shape index (κ3) is 17.0. The highest BCUT2D eigenvalue weighted by Crippen LogP contribution is 2.27. The second-order valence-corrected chi connectivity index (χ2v) is 13.3. The fourth-order valence-corrected chi connectivity index (χ4v) is 6.55. The predicted molar refractivity (Wildman–Crippen MR) is 175 cm³/mol. The van der Waals surface area contributed by atoms with Crippen LogP contribution in [-0.4, -0.2) is 18.6 Å². The van der Waals surface area contributed by atoms with Crippen molar-refractivity contribution in [3.05, 3.63) is 59.7 Å². The van der Waals surface area contributed by atoms with Gasteiger partial charge in [0.05, 0.1) is 0 Å². The monoisotopic (exact) mass is 584 g/mol. The van der Waals surface area contributed by atoms with Gasteiger partial charge in [0.25, 0.3) is 0 Å². The molecule has 0 radical (unpaired) electrons. The molecule has 0 aliphatic carbocycles. The molecule has 0 saturated carbocycles. The number of para-hydroxylation sites is 2. The highest BCUT2D eigenvalue weighted by atomic mass is 28.4. The van der Waals surface area contributed by atoms with Crippen molar-refractivity contribution in [3.8, 4) is 11.5 Å². The molecule has 0 amide bonds. The average molecular weight is 585 g/mol. The number of aryl methyl sites for hydroxylation is 2. The molecule has 5 heteroatoms. The van der Waals surface area contributed by atoms with Crippen LogP contribution in [0.25, 0.3) is 0 Å². The molecule has 4 nitrogen and oxygen atoms in total. The van der Waals surface area contributed by atoms with E-state index in [-0.39, 0.29) is 0 Å². The molecule has 2 rings (SSSR count). The van der Waals surface area contributed by atoms with E-state index in [4.69, 9.17) is 8.85 Å². The van der Waals surface area contributed by atoms with E-state index < -0.39 is 9.05 Å². The first-order valence-electron chi connectivity index (χ1n) is 17.0. The molecule has 232 valence electrons. The van der Waals surface area contributed by atoms with Gasteiger partial charge in [0.2, 0.25) is 0 Å². The molecule has 0 unspecified atom stereocenters. The highest BCUT2D eigenvalue weighted by Gasteiger charge is 2.43. The van der Waals surface area contributed by atoms with Crippen LogP contribution in [0.15, 0.2) is 48.5 Å². The van der Waals surface area contributed by atoms with Crippen LogP contribution < -0.4 is 8.85 Å². The maximum Gasteiger partial charge on any atom is 0.815 e. The Labute approximate surface area is 253 Å². The van der Waals surface area contributed by atoms with Crippen molar-refractivity contribution in [2.24, 2.45) is 0 Å². The lowest BCUT2D eigenvalue weighted by Gasteiger charge is -2.22. The molecular weight excluding hydrogens is 524 g/mol. The Balaban J connectivity index is 1.73. The summed E-state index contributed by atoms with van der Waals surface area (Å²) in [6, 6.07) is 15.4. The van der Waals surface area contributed by atoms with E-state index in [0.717, 1.165) is 36.8 Å². The van der Waals surface area contributed by atoms with Crippen LogP contribution in [0.5, 0.6) is 11.5 Å². The minimum absolute atomic E-state index is 0.521. The molecule has 41 heavy (non-hydrogen) atoms. The second kappa shape index (κ2) is 22.7. The average Bonchev–Trinajstić information content (AvgIpc) is 2.96. The maximum atomic E-state index is 10.8. The predicted octanol–water partition coefficient (Wildman–Crippen LogP) is 10.5. The van der Waals surface area contributed by atoms with Crippen LogP contribution in [0.1, 0.15) is 153 Å². The first kappa shape index (κ1) is 35.4.